The average molecular weight is 398 g/mol. The predicted molar refractivity (Wildman–Crippen MR) is 105 cm³/mol. The van der Waals surface area contributed by atoms with Gasteiger partial charge in [0, 0.05) is 23.7 Å². The molecule has 6 nitrogen and oxygen atoms in total. The molecule has 28 heavy (non-hydrogen) atoms. The van der Waals surface area contributed by atoms with Gasteiger partial charge < -0.3 is 5.32 Å². The van der Waals surface area contributed by atoms with Gasteiger partial charge in [-0.15, -0.1) is 0 Å². The normalized spacial score (nSPS) is 19.0. The Morgan fingerprint density at radius 1 is 0.929 bits per heavy atom. The van der Waals surface area contributed by atoms with E-state index in [0.717, 1.165) is 17.3 Å². The fraction of sp³-hybridized carbons (Fsp3) is 0.200. The van der Waals surface area contributed by atoms with E-state index in [4.69, 9.17) is 0 Å². The number of nitrogens with one attached hydrogen (secondary N) is 2. The summed E-state index contributed by atoms with van der Waals surface area (Å²) in [4.78, 5) is 8.20. The van der Waals surface area contributed by atoms with Gasteiger partial charge in [-0.3, -0.25) is 0 Å². The monoisotopic (exact) mass is 398 g/mol. The zero-order chi connectivity index (χ0) is 19.6. The van der Waals surface area contributed by atoms with Gasteiger partial charge in [-0.2, -0.15) is 0 Å². The zero-order valence-electron chi connectivity index (χ0n) is 14.9. The maximum atomic E-state index is 13.8. The van der Waals surface area contributed by atoms with Crippen LogP contribution in [-0.4, -0.2) is 30.5 Å². The first-order valence-electron chi connectivity index (χ1n) is 8.92. The molecule has 2 aromatic carbocycles. The van der Waals surface area contributed by atoms with Crippen LogP contribution in [-0.2, 0) is 10.0 Å². The summed E-state index contributed by atoms with van der Waals surface area (Å²) in [6, 6.07) is 16.9. The van der Waals surface area contributed by atoms with E-state index in [9.17, 15) is 12.8 Å². The van der Waals surface area contributed by atoms with Gasteiger partial charge in [0.2, 0.25) is 10.0 Å². The lowest BCUT2D eigenvalue weighted by atomic mass is 9.87. The molecule has 0 saturated heterocycles. The van der Waals surface area contributed by atoms with Gasteiger partial charge in [-0.25, -0.2) is 27.5 Å². The van der Waals surface area contributed by atoms with Crippen molar-refractivity contribution in [1.82, 2.24) is 14.7 Å². The Hall–Kier alpha value is -2.84. The third-order valence-corrected chi connectivity index (χ3v) is 6.23. The number of benzene rings is 2. The molecule has 0 unspecified atom stereocenters. The Morgan fingerprint density at radius 2 is 1.64 bits per heavy atom. The van der Waals surface area contributed by atoms with Crippen molar-refractivity contribution in [3.63, 3.8) is 0 Å². The minimum Gasteiger partial charge on any atom is -0.367 e. The highest BCUT2D eigenvalue weighted by molar-refractivity contribution is 7.89. The van der Waals surface area contributed by atoms with Gasteiger partial charge in [0.15, 0.2) is 0 Å². The first-order chi connectivity index (χ1) is 13.5. The fourth-order valence-corrected chi connectivity index (χ4v) is 4.53. The standard InChI is InChI=1S/C20H19FN4O2S/c21-17-8-4-5-9-19(17)28(26,27)25-16-10-15(11-16)24-20-12-18(22-13-23-20)14-6-2-1-3-7-14/h1-9,12-13,15-16,25H,10-11H2,(H,22,23,24). The number of hydrogen-bond donors (Lipinski definition) is 2. The summed E-state index contributed by atoms with van der Waals surface area (Å²) >= 11 is 0. The molecular formula is C20H19FN4O2S. The van der Waals surface area contributed by atoms with E-state index >= 15 is 0 Å². The van der Waals surface area contributed by atoms with Crippen LogP contribution in [0.1, 0.15) is 12.8 Å². The van der Waals surface area contributed by atoms with E-state index in [1.807, 2.05) is 36.4 Å². The molecule has 2 N–H and O–H groups in total. The summed E-state index contributed by atoms with van der Waals surface area (Å²) in [5.74, 6) is -0.0623. The first kappa shape index (κ1) is 18.5. The molecule has 1 aromatic heterocycles. The smallest absolute Gasteiger partial charge is 0.243 e. The molecule has 1 heterocycles. The highest BCUT2D eigenvalue weighted by Gasteiger charge is 2.33. The molecule has 0 amide bonds. The van der Waals surface area contributed by atoms with Gasteiger partial charge in [0.25, 0.3) is 0 Å². The molecule has 1 saturated carbocycles. The van der Waals surface area contributed by atoms with Crippen LogP contribution >= 0.6 is 0 Å². The van der Waals surface area contributed by atoms with Gasteiger partial charge in [-0.05, 0) is 25.0 Å². The SMILES string of the molecule is O=S(=O)(NC1CC(Nc2cc(-c3ccccc3)ncn2)C1)c1ccccc1F. The number of halogens is 1. The van der Waals surface area contributed by atoms with Crippen molar-refractivity contribution in [2.24, 2.45) is 0 Å². The van der Waals surface area contributed by atoms with Crippen LogP contribution in [0, 0.1) is 5.82 Å². The summed E-state index contributed by atoms with van der Waals surface area (Å²) in [5.41, 5.74) is 1.81. The molecule has 0 atom stereocenters. The van der Waals surface area contributed by atoms with Crippen LogP contribution in [0.25, 0.3) is 11.3 Å². The number of hydrogen-bond acceptors (Lipinski definition) is 5. The lowest BCUT2D eigenvalue weighted by molar-refractivity contribution is 0.345. The van der Waals surface area contributed by atoms with Crippen LogP contribution in [0.2, 0.25) is 0 Å². The van der Waals surface area contributed by atoms with Gasteiger partial charge in [0.05, 0.1) is 5.69 Å². The molecular weight excluding hydrogens is 379 g/mol. The summed E-state index contributed by atoms with van der Waals surface area (Å²) in [6.07, 6.45) is 2.69. The Morgan fingerprint density at radius 3 is 2.39 bits per heavy atom. The van der Waals surface area contributed by atoms with Crippen LogP contribution in [0.5, 0.6) is 0 Å². The minimum absolute atomic E-state index is 0.0897. The third kappa shape index (κ3) is 4.02. The number of rotatable bonds is 6. The van der Waals surface area contributed by atoms with E-state index in [1.165, 1.54) is 24.5 Å². The van der Waals surface area contributed by atoms with E-state index in [1.54, 1.807) is 0 Å². The lowest BCUT2D eigenvalue weighted by Crippen LogP contribution is -2.49. The summed E-state index contributed by atoms with van der Waals surface area (Å²) in [7, 11) is -3.87. The Balaban J connectivity index is 1.36. The van der Waals surface area contributed by atoms with E-state index < -0.39 is 15.8 Å². The van der Waals surface area contributed by atoms with Gasteiger partial charge in [0.1, 0.15) is 22.9 Å². The maximum absolute atomic E-state index is 13.8. The molecule has 3 aromatic rings. The van der Waals surface area contributed by atoms with Crippen LogP contribution in [0.4, 0.5) is 10.2 Å². The topological polar surface area (TPSA) is 84.0 Å². The number of aromatic nitrogens is 2. The largest absolute Gasteiger partial charge is 0.367 e. The Bertz CT molecular complexity index is 1070. The van der Waals surface area contributed by atoms with Crippen molar-refractivity contribution >= 4 is 15.8 Å². The van der Waals surface area contributed by atoms with Crippen molar-refractivity contribution in [1.29, 1.82) is 0 Å². The van der Waals surface area contributed by atoms with E-state index in [-0.39, 0.29) is 17.0 Å². The highest BCUT2D eigenvalue weighted by Crippen LogP contribution is 2.27. The maximum Gasteiger partial charge on any atom is 0.243 e. The second-order valence-electron chi connectivity index (χ2n) is 6.72. The molecule has 1 fully saturated rings. The minimum atomic E-state index is -3.87. The van der Waals surface area contributed by atoms with Gasteiger partial charge >= 0.3 is 0 Å². The zero-order valence-corrected chi connectivity index (χ0v) is 15.7. The van der Waals surface area contributed by atoms with Crippen LogP contribution in [0.15, 0.2) is 71.9 Å². The number of sulfonamides is 1. The van der Waals surface area contributed by atoms with E-state index in [2.05, 4.69) is 20.0 Å². The van der Waals surface area contributed by atoms with Crippen molar-refractivity contribution < 1.29 is 12.8 Å². The molecule has 144 valence electrons. The van der Waals surface area contributed by atoms with Crippen molar-refractivity contribution in [2.45, 2.75) is 29.8 Å². The quantitative estimate of drug-likeness (QED) is 0.666. The number of nitrogens with zero attached hydrogens (tertiary/aromatic N) is 2. The Kier molecular flexibility index (Phi) is 5.06. The summed E-state index contributed by atoms with van der Waals surface area (Å²) < 4.78 is 41.0. The molecule has 4 rings (SSSR count). The van der Waals surface area contributed by atoms with E-state index in [0.29, 0.717) is 18.7 Å². The second-order valence-corrected chi connectivity index (χ2v) is 8.40. The molecule has 0 spiro atoms. The van der Waals surface area contributed by atoms with Crippen molar-refractivity contribution in [3.8, 4) is 11.3 Å². The fourth-order valence-electron chi connectivity index (χ4n) is 3.19. The second kappa shape index (κ2) is 7.65. The molecule has 1 aliphatic carbocycles. The van der Waals surface area contributed by atoms with Crippen LogP contribution < -0.4 is 10.0 Å². The lowest BCUT2D eigenvalue weighted by Gasteiger charge is -2.36. The van der Waals surface area contributed by atoms with Crippen LogP contribution in [0.3, 0.4) is 0 Å². The molecule has 8 heteroatoms. The van der Waals surface area contributed by atoms with Gasteiger partial charge in [-0.1, -0.05) is 42.5 Å². The highest BCUT2D eigenvalue weighted by atomic mass is 32.2. The van der Waals surface area contributed by atoms with Crippen molar-refractivity contribution in [2.75, 3.05) is 5.32 Å². The van der Waals surface area contributed by atoms with Crippen molar-refractivity contribution in [3.05, 3.63) is 72.8 Å². The molecule has 1 aliphatic rings. The molecule has 0 bridgehead atoms. The summed E-state index contributed by atoms with van der Waals surface area (Å²) in [6.45, 7) is 0. The first-order valence-corrected chi connectivity index (χ1v) is 10.4. The summed E-state index contributed by atoms with van der Waals surface area (Å²) in [5, 5.41) is 3.30. The molecule has 0 radical (unpaired) electrons. The average Bonchev–Trinajstić information content (AvgIpc) is 2.67. The predicted octanol–water partition coefficient (Wildman–Crippen LogP) is 3.20. The molecule has 0 aliphatic heterocycles. The Labute approximate surface area is 162 Å². The number of anilines is 1. The third-order valence-electron chi connectivity index (χ3n) is 4.67.